The van der Waals surface area contributed by atoms with Crippen molar-refractivity contribution >= 4 is 18.1 Å². The van der Waals surface area contributed by atoms with Crippen molar-refractivity contribution in [3.8, 4) is 17.2 Å². The number of esters is 1. The number of methoxy groups -OCH3 is 3. The van der Waals surface area contributed by atoms with E-state index in [1.807, 2.05) is 36.4 Å². The van der Waals surface area contributed by atoms with Gasteiger partial charge in [0.1, 0.15) is 29.4 Å². The molecule has 0 N–H and O–H groups in total. The standard InChI is InChI=1S/C19H18O5/c1-21-13-7-4-12(5-8-13)6-9-14-15-11-24-19(20)18(15)17(23-3)10-16(14)22-2/h4-10H,11H2,1-3H3/b9-6+. The average Bonchev–Trinajstić information content (AvgIpc) is 3.01. The second kappa shape index (κ2) is 6.66. The molecule has 1 aliphatic rings. The Kier molecular flexibility index (Phi) is 4.42. The molecule has 1 aliphatic heterocycles. The van der Waals surface area contributed by atoms with Gasteiger partial charge in [0.05, 0.1) is 21.3 Å². The van der Waals surface area contributed by atoms with Gasteiger partial charge in [0.2, 0.25) is 0 Å². The second-order valence-corrected chi connectivity index (χ2v) is 5.23. The van der Waals surface area contributed by atoms with Gasteiger partial charge in [-0.25, -0.2) is 4.79 Å². The van der Waals surface area contributed by atoms with E-state index in [0.717, 1.165) is 22.4 Å². The van der Waals surface area contributed by atoms with Gasteiger partial charge in [0, 0.05) is 17.2 Å². The van der Waals surface area contributed by atoms with Gasteiger partial charge < -0.3 is 18.9 Å². The molecule has 2 aromatic carbocycles. The fourth-order valence-electron chi connectivity index (χ4n) is 2.69. The molecule has 3 rings (SSSR count). The Balaban J connectivity index is 2.03. The first-order valence-electron chi connectivity index (χ1n) is 7.45. The van der Waals surface area contributed by atoms with Gasteiger partial charge >= 0.3 is 5.97 Å². The monoisotopic (exact) mass is 326 g/mol. The number of hydrogen-bond donors (Lipinski definition) is 0. The summed E-state index contributed by atoms with van der Waals surface area (Å²) in [6.45, 7) is 0.212. The van der Waals surface area contributed by atoms with E-state index >= 15 is 0 Å². The summed E-state index contributed by atoms with van der Waals surface area (Å²) in [7, 11) is 4.74. The zero-order valence-electron chi connectivity index (χ0n) is 13.8. The Morgan fingerprint density at radius 2 is 1.67 bits per heavy atom. The maximum atomic E-state index is 12.0. The molecule has 5 heteroatoms. The Morgan fingerprint density at radius 1 is 0.958 bits per heavy atom. The summed E-state index contributed by atoms with van der Waals surface area (Å²) in [5.41, 5.74) is 3.07. The Bertz CT molecular complexity index is 790. The lowest BCUT2D eigenvalue weighted by molar-refractivity contribution is 0.0533. The van der Waals surface area contributed by atoms with Crippen LogP contribution in [0.1, 0.15) is 27.0 Å². The fraction of sp³-hybridized carbons (Fsp3) is 0.211. The van der Waals surface area contributed by atoms with Crippen LogP contribution in [-0.4, -0.2) is 27.3 Å². The highest BCUT2D eigenvalue weighted by Crippen LogP contribution is 2.39. The minimum absolute atomic E-state index is 0.212. The van der Waals surface area contributed by atoms with E-state index in [-0.39, 0.29) is 12.6 Å². The minimum Gasteiger partial charge on any atom is -0.497 e. The van der Waals surface area contributed by atoms with Crippen LogP contribution < -0.4 is 14.2 Å². The van der Waals surface area contributed by atoms with Crippen molar-refractivity contribution in [2.45, 2.75) is 6.61 Å². The molecule has 0 bridgehead atoms. The summed E-state index contributed by atoms with van der Waals surface area (Å²) in [4.78, 5) is 12.0. The number of rotatable bonds is 5. The highest BCUT2D eigenvalue weighted by molar-refractivity contribution is 5.99. The molecule has 0 radical (unpaired) electrons. The SMILES string of the molecule is COc1ccc(/C=C/c2c(OC)cc(OC)c3c2COC3=O)cc1. The Hall–Kier alpha value is -2.95. The van der Waals surface area contributed by atoms with E-state index in [1.165, 1.54) is 7.11 Å². The van der Waals surface area contributed by atoms with E-state index < -0.39 is 0 Å². The van der Waals surface area contributed by atoms with E-state index in [4.69, 9.17) is 18.9 Å². The van der Waals surface area contributed by atoms with Gasteiger partial charge in [-0.1, -0.05) is 24.3 Å². The quantitative estimate of drug-likeness (QED) is 0.621. The van der Waals surface area contributed by atoms with Crippen LogP contribution in [0.3, 0.4) is 0 Å². The predicted octanol–water partition coefficient (Wildman–Crippen LogP) is 3.55. The zero-order valence-corrected chi connectivity index (χ0v) is 13.8. The van der Waals surface area contributed by atoms with E-state index in [9.17, 15) is 4.79 Å². The molecule has 0 aromatic heterocycles. The first-order chi connectivity index (χ1) is 11.7. The lowest BCUT2D eigenvalue weighted by Gasteiger charge is -2.12. The number of carbonyl (C=O) groups is 1. The van der Waals surface area contributed by atoms with E-state index in [0.29, 0.717) is 17.1 Å². The second-order valence-electron chi connectivity index (χ2n) is 5.23. The smallest absolute Gasteiger partial charge is 0.342 e. The van der Waals surface area contributed by atoms with E-state index in [1.54, 1.807) is 20.3 Å². The maximum Gasteiger partial charge on any atom is 0.342 e. The third-order valence-electron chi connectivity index (χ3n) is 3.95. The molecule has 0 saturated carbocycles. The summed E-state index contributed by atoms with van der Waals surface area (Å²) in [5.74, 6) is 1.53. The Labute approximate surface area is 140 Å². The molecule has 0 spiro atoms. The first-order valence-corrected chi connectivity index (χ1v) is 7.45. The number of benzene rings is 2. The minimum atomic E-state index is -0.372. The summed E-state index contributed by atoms with van der Waals surface area (Å²) < 4.78 is 21.1. The molecule has 24 heavy (non-hydrogen) atoms. The normalized spacial score (nSPS) is 12.9. The third-order valence-corrected chi connectivity index (χ3v) is 3.95. The summed E-state index contributed by atoms with van der Waals surface area (Å²) in [5, 5.41) is 0. The molecule has 0 aliphatic carbocycles. The van der Waals surface area contributed by atoms with Crippen molar-refractivity contribution in [2.24, 2.45) is 0 Å². The fourth-order valence-corrected chi connectivity index (χ4v) is 2.69. The lowest BCUT2D eigenvalue weighted by atomic mass is 9.99. The van der Waals surface area contributed by atoms with Crippen molar-refractivity contribution in [1.29, 1.82) is 0 Å². The molecule has 2 aromatic rings. The average molecular weight is 326 g/mol. The van der Waals surface area contributed by atoms with Crippen molar-refractivity contribution in [1.82, 2.24) is 0 Å². The number of hydrogen-bond acceptors (Lipinski definition) is 5. The molecule has 1 heterocycles. The van der Waals surface area contributed by atoms with Crippen molar-refractivity contribution in [2.75, 3.05) is 21.3 Å². The largest absolute Gasteiger partial charge is 0.497 e. The third kappa shape index (κ3) is 2.80. The molecule has 0 saturated heterocycles. The van der Waals surface area contributed by atoms with Crippen LogP contribution in [0.15, 0.2) is 30.3 Å². The van der Waals surface area contributed by atoms with E-state index in [2.05, 4.69) is 0 Å². The topological polar surface area (TPSA) is 54.0 Å². The predicted molar refractivity (Wildman–Crippen MR) is 90.6 cm³/mol. The lowest BCUT2D eigenvalue weighted by Crippen LogP contribution is -2.01. The van der Waals surface area contributed by atoms with Crippen molar-refractivity contribution in [3.63, 3.8) is 0 Å². The first kappa shape index (κ1) is 15.9. The molecule has 0 fully saturated rings. The molecule has 0 amide bonds. The van der Waals surface area contributed by atoms with Crippen LogP contribution in [0.4, 0.5) is 0 Å². The van der Waals surface area contributed by atoms with Crippen LogP contribution >= 0.6 is 0 Å². The number of cyclic esters (lactones) is 1. The van der Waals surface area contributed by atoms with Crippen LogP contribution in [0.25, 0.3) is 12.2 Å². The molecule has 124 valence electrons. The van der Waals surface area contributed by atoms with Crippen molar-refractivity contribution < 1.29 is 23.7 Å². The summed E-state index contributed by atoms with van der Waals surface area (Å²) >= 11 is 0. The van der Waals surface area contributed by atoms with Crippen LogP contribution in [0.5, 0.6) is 17.2 Å². The zero-order chi connectivity index (χ0) is 17.1. The molecule has 0 atom stereocenters. The highest BCUT2D eigenvalue weighted by Gasteiger charge is 2.30. The Morgan fingerprint density at radius 3 is 2.29 bits per heavy atom. The summed E-state index contributed by atoms with van der Waals surface area (Å²) in [6.07, 6.45) is 3.87. The molecule has 0 unspecified atom stereocenters. The van der Waals surface area contributed by atoms with Gasteiger partial charge in [0.25, 0.3) is 0 Å². The molecule has 5 nitrogen and oxygen atoms in total. The van der Waals surface area contributed by atoms with Crippen LogP contribution in [-0.2, 0) is 11.3 Å². The number of carbonyl (C=O) groups excluding carboxylic acids is 1. The van der Waals surface area contributed by atoms with Gasteiger partial charge in [-0.2, -0.15) is 0 Å². The van der Waals surface area contributed by atoms with Gasteiger partial charge in [0.15, 0.2) is 0 Å². The summed E-state index contributed by atoms with van der Waals surface area (Å²) in [6, 6.07) is 9.39. The highest BCUT2D eigenvalue weighted by atomic mass is 16.5. The molecular weight excluding hydrogens is 308 g/mol. The van der Waals surface area contributed by atoms with Crippen LogP contribution in [0.2, 0.25) is 0 Å². The number of fused-ring (bicyclic) bond motifs is 1. The van der Waals surface area contributed by atoms with Gasteiger partial charge in [-0.3, -0.25) is 0 Å². The molecular formula is C19H18O5. The van der Waals surface area contributed by atoms with Crippen LogP contribution in [0, 0.1) is 0 Å². The van der Waals surface area contributed by atoms with Gasteiger partial charge in [-0.15, -0.1) is 0 Å². The van der Waals surface area contributed by atoms with Crippen molar-refractivity contribution in [3.05, 3.63) is 52.6 Å². The maximum absolute atomic E-state index is 12.0. The number of ether oxygens (including phenoxy) is 4. The van der Waals surface area contributed by atoms with Gasteiger partial charge in [-0.05, 0) is 17.7 Å².